The second-order valence-corrected chi connectivity index (χ2v) is 5.71. The van der Waals surface area contributed by atoms with Crippen LogP contribution in [0.25, 0.3) is 0 Å². The van der Waals surface area contributed by atoms with Crippen LogP contribution in [0.2, 0.25) is 0 Å². The second kappa shape index (κ2) is 14.3. The Labute approximate surface area is 139 Å². The van der Waals surface area contributed by atoms with Gasteiger partial charge in [-0.25, -0.2) is 0 Å². The Bertz CT molecular complexity index is 222. The first-order valence-electron chi connectivity index (χ1n) is 7.51. The molecule has 0 aliphatic heterocycles. The molecule has 0 fully saturated rings. The largest absolute Gasteiger partial charge is 0.328 e. The van der Waals surface area contributed by atoms with Crippen LogP contribution >= 0.6 is 0 Å². The molecule has 6 heteroatoms. The predicted molar refractivity (Wildman–Crippen MR) is 80.3 cm³/mol. The minimum Gasteiger partial charge on any atom is -0.328 e. The van der Waals surface area contributed by atoms with Gasteiger partial charge < -0.3 is 19.0 Å². The summed E-state index contributed by atoms with van der Waals surface area (Å²) in [6.45, 7) is 7.58. The molecule has 0 rings (SSSR count). The molecule has 0 radical (unpaired) electrons. The van der Waals surface area contributed by atoms with Gasteiger partial charge in [-0.15, -0.1) is 0 Å². The van der Waals surface area contributed by atoms with Crippen molar-refractivity contribution in [2.24, 2.45) is 0 Å². The summed E-state index contributed by atoms with van der Waals surface area (Å²) in [5.41, 5.74) is 0. The van der Waals surface area contributed by atoms with Crippen molar-refractivity contribution >= 4 is 15.6 Å². The molecule has 0 aromatic heterocycles. The Kier molecular flexibility index (Phi) is 16.2. The molecule has 0 heterocycles. The van der Waals surface area contributed by atoms with Gasteiger partial charge in [0.05, 0.1) is 10.2 Å². The molecule has 4 nitrogen and oxygen atoms in total. The third-order valence-electron chi connectivity index (χ3n) is 2.85. The van der Waals surface area contributed by atoms with Crippen molar-refractivity contribution < 1.29 is 38.5 Å². The molecule has 0 aliphatic carbocycles. The maximum atomic E-state index is 10.9. The van der Waals surface area contributed by atoms with Crippen LogP contribution in [0.15, 0.2) is 0 Å². The fourth-order valence-electron chi connectivity index (χ4n) is 2.07. The summed E-state index contributed by atoms with van der Waals surface area (Å²) in [4.78, 5) is 10.9. The summed E-state index contributed by atoms with van der Waals surface area (Å²) in [5.74, 6) is -0.869. The molecule has 0 saturated heterocycles. The van der Waals surface area contributed by atoms with E-state index in [-0.39, 0.29) is 19.5 Å². The fourth-order valence-corrected chi connectivity index (χ4v) is 2.42. The first-order chi connectivity index (χ1) is 9.10. The normalized spacial score (nSPS) is 11.3. The molecule has 0 amide bonds. The van der Waals surface area contributed by atoms with Crippen LogP contribution in [0.1, 0.15) is 59.3 Å². The molecule has 0 saturated carbocycles. The monoisotopic (exact) mass is 354 g/mol. The van der Waals surface area contributed by atoms with Crippen molar-refractivity contribution in [2.45, 2.75) is 65.3 Å². The van der Waals surface area contributed by atoms with Gasteiger partial charge in [-0.1, -0.05) is 12.8 Å². The molecule has 0 N–H and O–H groups in total. The van der Waals surface area contributed by atoms with E-state index in [2.05, 4.69) is 0 Å². The quantitative estimate of drug-likeness (QED) is 0.288. The molecular weight excluding hydrogens is 326 g/mol. The Hall–Kier alpha value is 0.390. The van der Waals surface area contributed by atoms with Gasteiger partial charge in [-0.3, -0.25) is 0 Å². The van der Waals surface area contributed by atoms with Gasteiger partial charge in [-0.05, 0) is 33.6 Å². The second-order valence-electron chi connectivity index (χ2n) is 4.60. The molecule has 0 atom stereocenters. The molecule has 0 aromatic rings. The van der Waals surface area contributed by atoms with E-state index in [9.17, 15) is 4.79 Å². The fraction of sp³-hybridized carbons (Fsp3) is 0.929. The van der Waals surface area contributed by atoms with E-state index < -0.39 is 5.97 Å². The van der Waals surface area contributed by atoms with E-state index in [1.807, 2.05) is 20.8 Å². The van der Waals surface area contributed by atoms with Crippen molar-refractivity contribution in [1.29, 1.82) is 0 Å². The summed E-state index contributed by atoms with van der Waals surface area (Å²) in [7, 11) is 0.684. The van der Waals surface area contributed by atoms with Crippen molar-refractivity contribution in [3.8, 4) is 0 Å². The number of rotatable bonds is 13. The molecule has 0 bridgehead atoms. The summed E-state index contributed by atoms with van der Waals surface area (Å²) < 4.78 is 17.0. The zero-order valence-electron chi connectivity index (χ0n) is 13.7. The van der Waals surface area contributed by atoms with Gasteiger partial charge in [0.25, 0.3) is 5.97 Å². The van der Waals surface area contributed by atoms with E-state index in [0.717, 1.165) is 38.5 Å². The van der Waals surface area contributed by atoms with Gasteiger partial charge in [0.15, 0.2) is 0 Å². The van der Waals surface area contributed by atoms with E-state index in [1.165, 1.54) is 0 Å². The molecule has 20 heavy (non-hydrogen) atoms. The SMILES string of the molecule is CCOC(CCCCCCC(=O)[SiH3])(OCC)OCC.[Zn]. The zero-order chi connectivity index (χ0) is 14.6. The first-order valence-corrected chi connectivity index (χ1v) is 8.51. The average molecular weight is 356 g/mol. The van der Waals surface area contributed by atoms with Crippen LogP contribution in [-0.4, -0.2) is 41.4 Å². The summed E-state index contributed by atoms with van der Waals surface area (Å²) in [6, 6.07) is 0. The van der Waals surface area contributed by atoms with Crippen LogP contribution in [0.4, 0.5) is 0 Å². The van der Waals surface area contributed by atoms with Crippen molar-refractivity contribution in [1.82, 2.24) is 0 Å². The Morgan fingerprint density at radius 3 is 1.75 bits per heavy atom. The molecule has 116 valence electrons. The minimum absolute atomic E-state index is 0. The third kappa shape index (κ3) is 11.1. The first kappa shape index (κ1) is 22.7. The van der Waals surface area contributed by atoms with Crippen LogP contribution in [0.3, 0.4) is 0 Å². The van der Waals surface area contributed by atoms with Gasteiger partial charge >= 0.3 is 0 Å². The van der Waals surface area contributed by atoms with Crippen LogP contribution in [0.5, 0.6) is 0 Å². The number of carbonyl (C=O) groups is 1. The predicted octanol–water partition coefficient (Wildman–Crippen LogP) is 1.98. The van der Waals surface area contributed by atoms with Crippen molar-refractivity contribution in [3.05, 3.63) is 0 Å². The molecular formula is C14H30O4SiZn. The van der Waals surface area contributed by atoms with E-state index >= 15 is 0 Å². The molecule has 0 aromatic carbocycles. The minimum atomic E-state index is -0.869. The topological polar surface area (TPSA) is 44.8 Å². The Morgan fingerprint density at radius 2 is 1.35 bits per heavy atom. The summed E-state index contributed by atoms with van der Waals surface area (Å²) in [6.07, 6.45) is 5.68. The van der Waals surface area contributed by atoms with Gasteiger partial charge in [0.1, 0.15) is 5.41 Å². The molecule has 0 unspecified atom stereocenters. The number of hydrogen-bond acceptors (Lipinski definition) is 4. The maximum Gasteiger partial charge on any atom is 0.282 e. The van der Waals surface area contributed by atoms with Gasteiger partial charge in [0, 0.05) is 52.1 Å². The molecule has 0 spiro atoms. The average Bonchev–Trinajstić information content (AvgIpc) is 2.34. The standard InChI is InChI=1S/C14H30O4Si.Zn/c1-4-16-14(17-5-2,18-6-3)12-10-8-7-9-11-13(15)19;/h4-12H2,1-3,19H3;. The van der Waals surface area contributed by atoms with Gasteiger partial charge in [0.2, 0.25) is 0 Å². The summed E-state index contributed by atoms with van der Waals surface area (Å²) in [5, 5.41) is 0.410. The Morgan fingerprint density at radius 1 is 0.900 bits per heavy atom. The van der Waals surface area contributed by atoms with E-state index in [1.54, 1.807) is 0 Å². The van der Waals surface area contributed by atoms with Crippen molar-refractivity contribution in [2.75, 3.05) is 19.8 Å². The van der Waals surface area contributed by atoms with Crippen molar-refractivity contribution in [3.63, 3.8) is 0 Å². The Balaban J connectivity index is 0. The smallest absolute Gasteiger partial charge is 0.282 e. The van der Waals surface area contributed by atoms with E-state index in [4.69, 9.17) is 14.2 Å². The maximum absolute atomic E-state index is 10.9. The summed E-state index contributed by atoms with van der Waals surface area (Å²) >= 11 is 0. The van der Waals surface area contributed by atoms with Crippen LogP contribution < -0.4 is 0 Å². The number of carbonyl (C=O) groups excluding carboxylic acids is 1. The van der Waals surface area contributed by atoms with Crippen LogP contribution in [-0.2, 0) is 38.5 Å². The zero-order valence-corrected chi connectivity index (χ0v) is 18.7. The third-order valence-corrected chi connectivity index (χ3v) is 3.35. The molecule has 0 aliphatic rings. The van der Waals surface area contributed by atoms with Gasteiger partial charge in [-0.2, -0.15) is 0 Å². The van der Waals surface area contributed by atoms with E-state index in [0.29, 0.717) is 35.5 Å². The van der Waals surface area contributed by atoms with Crippen LogP contribution in [0, 0.1) is 0 Å². The number of unbranched alkanes of at least 4 members (excludes halogenated alkanes) is 3. The number of hydrogen-bond donors (Lipinski definition) is 0. The number of ether oxygens (including phenoxy) is 3.